The van der Waals surface area contributed by atoms with E-state index in [1.807, 2.05) is 55.5 Å². The number of rotatable bonds is 8. The van der Waals surface area contributed by atoms with Crippen LogP contribution in [0.25, 0.3) is 16.9 Å². The number of carbonyl (C=O) groups is 1. The van der Waals surface area contributed by atoms with Gasteiger partial charge >= 0.3 is 0 Å². The Kier molecular flexibility index (Phi) is 8.33. The Bertz CT molecular complexity index is 1390. The zero-order chi connectivity index (χ0) is 27.4. The van der Waals surface area contributed by atoms with E-state index in [4.69, 9.17) is 13.9 Å². The van der Waals surface area contributed by atoms with Crippen LogP contribution in [-0.4, -0.2) is 25.1 Å². The molecule has 1 saturated carbocycles. The van der Waals surface area contributed by atoms with Crippen LogP contribution < -0.4 is 4.74 Å². The number of aryl methyl sites for hydroxylation is 1. The van der Waals surface area contributed by atoms with E-state index in [2.05, 4.69) is 26.0 Å². The molecule has 0 amide bonds. The summed E-state index contributed by atoms with van der Waals surface area (Å²) in [4.78, 5) is 12.9. The Morgan fingerprint density at radius 3 is 2.46 bits per heavy atom. The molecule has 2 fully saturated rings. The first-order valence-corrected chi connectivity index (χ1v) is 14.2. The quantitative estimate of drug-likeness (QED) is 0.279. The number of furan rings is 1. The molecule has 0 spiro atoms. The molecule has 5 heteroatoms. The number of nitrogens with zero attached hydrogens (tertiary/aromatic N) is 1. The van der Waals surface area contributed by atoms with E-state index in [0.717, 1.165) is 77.9 Å². The standard InChI is InChI=1S/C34H37NO4/c1-4-5-30(26-12-13-31(28(20-26)21-35)38-29-14-16-37-17-15-29)34-23(3)19-32(39-34)24-8-10-25(11-9-24)33(36)27-7-6-22(2)18-27/h5,8-13,19-20,22,27,29H,4,6-7,14-18H2,1-3H3/b30-5-. The first kappa shape index (κ1) is 27.0. The van der Waals surface area contributed by atoms with Gasteiger partial charge in [-0.1, -0.05) is 50.3 Å². The molecular formula is C34H37NO4. The van der Waals surface area contributed by atoms with Gasteiger partial charge in [-0.3, -0.25) is 4.79 Å². The third kappa shape index (κ3) is 6.02. The lowest BCUT2D eigenvalue weighted by molar-refractivity contribution is 0.0254. The summed E-state index contributed by atoms with van der Waals surface area (Å²) >= 11 is 0. The van der Waals surface area contributed by atoms with Crippen LogP contribution in [0.3, 0.4) is 0 Å². The van der Waals surface area contributed by atoms with Crippen LogP contribution in [0.1, 0.15) is 85.2 Å². The van der Waals surface area contributed by atoms with Gasteiger partial charge in [-0.05, 0) is 67.9 Å². The van der Waals surface area contributed by atoms with Gasteiger partial charge in [0.25, 0.3) is 0 Å². The molecule has 5 nitrogen and oxygen atoms in total. The maximum absolute atomic E-state index is 12.9. The molecule has 2 aromatic carbocycles. The van der Waals surface area contributed by atoms with Crippen molar-refractivity contribution < 1.29 is 18.7 Å². The second-order valence-electron chi connectivity index (χ2n) is 11.0. The molecule has 2 aliphatic rings. The van der Waals surface area contributed by atoms with Gasteiger partial charge in [0.15, 0.2) is 5.78 Å². The first-order chi connectivity index (χ1) is 19.0. The highest BCUT2D eigenvalue weighted by atomic mass is 16.5. The summed E-state index contributed by atoms with van der Waals surface area (Å²) < 4.78 is 18.0. The molecule has 2 unspecified atom stereocenters. The van der Waals surface area contributed by atoms with E-state index in [1.165, 1.54) is 0 Å². The lowest BCUT2D eigenvalue weighted by atomic mass is 9.94. The minimum Gasteiger partial charge on any atom is -0.489 e. The van der Waals surface area contributed by atoms with Crippen molar-refractivity contribution in [1.29, 1.82) is 5.26 Å². The zero-order valence-electron chi connectivity index (χ0n) is 23.2. The van der Waals surface area contributed by atoms with Gasteiger partial charge in [0.05, 0.1) is 18.8 Å². The molecular weight excluding hydrogens is 486 g/mol. The molecule has 39 heavy (non-hydrogen) atoms. The smallest absolute Gasteiger partial charge is 0.165 e. The number of ketones is 1. The van der Waals surface area contributed by atoms with Crippen LogP contribution in [0, 0.1) is 30.1 Å². The van der Waals surface area contributed by atoms with Crippen molar-refractivity contribution in [3.8, 4) is 23.1 Å². The zero-order valence-corrected chi connectivity index (χ0v) is 23.2. The van der Waals surface area contributed by atoms with Gasteiger partial charge in [0.1, 0.15) is 29.4 Å². The average molecular weight is 524 g/mol. The summed E-state index contributed by atoms with van der Waals surface area (Å²) in [5.41, 5.74) is 5.13. The van der Waals surface area contributed by atoms with Gasteiger partial charge in [0.2, 0.25) is 0 Å². The number of benzene rings is 2. The van der Waals surface area contributed by atoms with E-state index in [0.29, 0.717) is 30.4 Å². The molecule has 0 N–H and O–H groups in total. The number of allylic oxidation sites excluding steroid dienone is 1. The Labute approximate surface area is 231 Å². The summed E-state index contributed by atoms with van der Waals surface area (Å²) in [7, 11) is 0. The molecule has 1 aliphatic carbocycles. The molecule has 1 aliphatic heterocycles. The first-order valence-electron chi connectivity index (χ1n) is 14.2. The molecule has 5 rings (SSSR count). The third-order valence-corrected chi connectivity index (χ3v) is 7.96. The predicted octanol–water partition coefficient (Wildman–Crippen LogP) is 8.15. The number of nitriles is 1. The number of Topliss-reactive ketones (excluding diaryl/α,β-unsaturated/α-hetero) is 1. The summed E-state index contributed by atoms with van der Waals surface area (Å²) in [6.07, 6.45) is 7.81. The predicted molar refractivity (Wildman–Crippen MR) is 153 cm³/mol. The van der Waals surface area contributed by atoms with Crippen molar-refractivity contribution in [3.05, 3.63) is 82.6 Å². The average Bonchev–Trinajstić information content (AvgIpc) is 3.57. The fraction of sp³-hybridized carbons (Fsp3) is 0.412. The van der Waals surface area contributed by atoms with E-state index in [9.17, 15) is 10.1 Å². The summed E-state index contributed by atoms with van der Waals surface area (Å²) in [5, 5.41) is 9.88. The minimum absolute atomic E-state index is 0.0700. The molecule has 202 valence electrons. The maximum Gasteiger partial charge on any atom is 0.165 e. The minimum atomic E-state index is 0.0700. The Morgan fingerprint density at radius 1 is 1.05 bits per heavy atom. The lowest BCUT2D eigenvalue weighted by Gasteiger charge is -2.24. The van der Waals surface area contributed by atoms with Crippen LogP contribution in [-0.2, 0) is 4.74 Å². The SMILES string of the molecule is CC/C=C(/c1ccc(OC2CCOCC2)c(C#N)c1)c1oc(-c2ccc(C(=O)C3CCC(C)C3)cc2)cc1C. The van der Waals surface area contributed by atoms with E-state index < -0.39 is 0 Å². The Balaban J connectivity index is 1.38. The van der Waals surface area contributed by atoms with E-state index in [-0.39, 0.29) is 17.8 Å². The lowest BCUT2D eigenvalue weighted by Crippen LogP contribution is -2.26. The summed E-state index contributed by atoms with van der Waals surface area (Å²) in [5.74, 6) is 3.20. The number of hydrogen-bond acceptors (Lipinski definition) is 5. The van der Waals surface area contributed by atoms with Crippen LogP contribution in [0.2, 0.25) is 0 Å². The highest BCUT2D eigenvalue weighted by Crippen LogP contribution is 2.36. The van der Waals surface area contributed by atoms with Gasteiger partial charge in [-0.25, -0.2) is 0 Å². The fourth-order valence-electron chi connectivity index (χ4n) is 5.78. The monoisotopic (exact) mass is 523 g/mol. The second kappa shape index (κ2) is 12.1. The van der Waals surface area contributed by atoms with Gasteiger partial charge in [0, 0.05) is 35.5 Å². The largest absolute Gasteiger partial charge is 0.489 e. The molecule has 3 aromatic rings. The molecule has 1 saturated heterocycles. The number of carbonyl (C=O) groups excluding carboxylic acids is 1. The van der Waals surface area contributed by atoms with Crippen molar-refractivity contribution in [2.75, 3.05) is 13.2 Å². The second-order valence-corrected chi connectivity index (χ2v) is 11.0. The van der Waals surface area contributed by atoms with E-state index in [1.54, 1.807) is 0 Å². The molecule has 0 bridgehead atoms. The molecule has 1 aromatic heterocycles. The van der Waals surface area contributed by atoms with E-state index >= 15 is 0 Å². The van der Waals surface area contributed by atoms with Crippen molar-refractivity contribution in [3.63, 3.8) is 0 Å². The fourth-order valence-corrected chi connectivity index (χ4v) is 5.78. The summed E-state index contributed by atoms with van der Waals surface area (Å²) in [6, 6.07) is 18.0. The molecule has 2 atom stereocenters. The van der Waals surface area contributed by atoms with Gasteiger partial charge in [-0.15, -0.1) is 0 Å². The van der Waals surface area contributed by atoms with Gasteiger partial charge < -0.3 is 13.9 Å². The highest BCUT2D eigenvalue weighted by Gasteiger charge is 2.28. The van der Waals surface area contributed by atoms with Crippen LogP contribution >= 0.6 is 0 Å². The van der Waals surface area contributed by atoms with Crippen LogP contribution in [0.4, 0.5) is 0 Å². The van der Waals surface area contributed by atoms with Crippen molar-refractivity contribution in [1.82, 2.24) is 0 Å². The van der Waals surface area contributed by atoms with Gasteiger partial charge in [-0.2, -0.15) is 5.26 Å². The molecule has 0 radical (unpaired) electrons. The maximum atomic E-state index is 12.9. The highest BCUT2D eigenvalue weighted by molar-refractivity contribution is 5.98. The van der Waals surface area contributed by atoms with Crippen molar-refractivity contribution in [2.45, 2.75) is 65.4 Å². The van der Waals surface area contributed by atoms with Crippen LogP contribution in [0.5, 0.6) is 5.75 Å². The Morgan fingerprint density at radius 2 is 1.79 bits per heavy atom. The topological polar surface area (TPSA) is 72.5 Å². The molecule has 2 heterocycles. The number of hydrogen-bond donors (Lipinski definition) is 0. The Hall–Kier alpha value is -3.62. The number of ether oxygens (including phenoxy) is 2. The van der Waals surface area contributed by atoms with Crippen LogP contribution in [0.15, 0.2) is 59.0 Å². The third-order valence-electron chi connectivity index (χ3n) is 7.96. The normalized spacial score (nSPS) is 20.1. The summed E-state index contributed by atoms with van der Waals surface area (Å²) in [6.45, 7) is 7.73. The van der Waals surface area contributed by atoms with Crippen molar-refractivity contribution in [2.24, 2.45) is 11.8 Å². The van der Waals surface area contributed by atoms with Crippen molar-refractivity contribution >= 4 is 11.4 Å².